The summed E-state index contributed by atoms with van der Waals surface area (Å²) in [6.45, 7) is 8.49. The Kier molecular flexibility index (Phi) is 7.00. The Balaban J connectivity index is 1.61. The lowest BCUT2D eigenvalue weighted by Crippen LogP contribution is -2.59. The number of rotatable bonds is 6. The number of nitrogens with two attached hydrogens (primary N) is 1. The van der Waals surface area contributed by atoms with E-state index in [1.165, 1.54) is 12.1 Å². The number of primary amides is 1. The normalized spacial score (nSPS) is 16.8. The van der Waals surface area contributed by atoms with Crippen LogP contribution >= 0.6 is 0 Å². The molecule has 1 saturated heterocycles. The number of halogens is 1. The molecule has 1 aliphatic rings. The molecular formula is C26H30FN5O3. The summed E-state index contributed by atoms with van der Waals surface area (Å²) in [4.78, 5) is 25.4. The molecule has 0 spiro atoms. The van der Waals surface area contributed by atoms with Gasteiger partial charge in [-0.1, -0.05) is 0 Å². The maximum Gasteiger partial charge on any atom is 0.267 e. The van der Waals surface area contributed by atoms with Crippen LogP contribution in [0.15, 0.2) is 54.6 Å². The smallest absolute Gasteiger partial charge is 0.267 e. The maximum absolute atomic E-state index is 13.1. The Hall–Kier alpha value is -3.56. The minimum Gasteiger partial charge on any atom is -0.457 e. The van der Waals surface area contributed by atoms with E-state index in [2.05, 4.69) is 30.7 Å². The number of piperazine rings is 1. The fraction of sp³-hybridized carbons (Fsp3) is 0.346. The molecule has 3 aromatic rings. The van der Waals surface area contributed by atoms with Crippen molar-refractivity contribution in [3.05, 3.63) is 66.1 Å². The summed E-state index contributed by atoms with van der Waals surface area (Å²) >= 11 is 0. The third kappa shape index (κ3) is 5.75. The van der Waals surface area contributed by atoms with Gasteiger partial charge in [0.1, 0.15) is 28.8 Å². The molecular weight excluding hydrogens is 449 g/mol. The fourth-order valence-corrected chi connectivity index (χ4v) is 4.07. The van der Waals surface area contributed by atoms with Crippen molar-refractivity contribution >= 4 is 11.7 Å². The van der Waals surface area contributed by atoms with E-state index >= 15 is 0 Å². The van der Waals surface area contributed by atoms with Gasteiger partial charge in [-0.2, -0.15) is 0 Å². The van der Waals surface area contributed by atoms with Gasteiger partial charge in [-0.05, 0) is 69.3 Å². The number of nitrogens with zero attached hydrogens (tertiary/aromatic N) is 4. The van der Waals surface area contributed by atoms with Crippen LogP contribution in [0.4, 0.5) is 10.2 Å². The average molecular weight is 480 g/mol. The summed E-state index contributed by atoms with van der Waals surface area (Å²) in [5, 5.41) is 10.1. The predicted molar refractivity (Wildman–Crippen MR) is 132 cm³/mol. The van der Waals surface area contributed by atoms with Crippen LogP contribution in [-0.4, -0.2) is 63.7 Å². The highest BCUT2D eigenvalue weighted by Crippen LogP contribution is 2.28. The zero-order valence-electron chi connectivity index (χ0n) is 20.1. The molecule has 3 N–H and O–H groups in total. The van der Waals surface area contributed by atoms with E-state index in [1.54, 1.807) is 42.5 Å². The number of aromatic nitrogens is 2. The van der Waals surface area contributed by atoms with E-state index in [9.17, 15) is 14.3 Å². The zero-order valence-corrected chi connectivity index (χ0v) is 20.1. The molecule has 9 heteroatoms. The van der Waals surface area contributed by atoms with Crippen LogP contribution in [-0.2, 0) is 0 Å². The molecule has 4 rings (SSSR count). The molecule has 0 aliphatic carbocycles. The number of benzene rings is 2. The SMILES string of the molecule is CC(C)(C)N1CCN(c2cc(C(N)=O)nc(-c3ccc(Oc4ccc(F)cc4)cc3)n2)C(CO)C1. The molecule has 0 radical (unpaired) electrons. The lowest BCUT2D eigenvalue weighted by molar-refractivity contribution is 0.0904. The summed E-state index contributed by atoms with van der Waals surface area (Å²) in [7, 11) is 0. The van der Waals surface area contributed by atoms with Gasteiger partial charge >= 0.3 is 0 Å². The number of anilines is 1. The second kappa shape index (κ2) is 9.97. The van der Waals surface area contributed by atoms with Gasteiger partial charge in [-0.25, -0.2) is 14.4 Å². The molecule has 0 saturated carbocycles. The number of hydrogen-bond acceptors (Lipinski definition) is 7. The topological polar surface area (TPSA) is 105 Å². The van der Waals surface area contributed by atoms with Crippen LogP contribution in [0.5, 0.6) is 11.5 Å². The van der Waals surface area contributed by atoms with E-state index in [0.717, 1.165) is 6.54 Å². The Morgan fingerprint density at radius 1 is 1.09 bits per heavy atom. The fourth-order valence-electron chi connectivity index (χ4n) is 4.07. The molecule has 1 atom stereocenters. The van der Waals surface area contributed by atoms with Crippen LogP contribution in [0.1, 0.15) is 31.3 Å². The van der Waals surface area contributed by atoms with Gasteiger partial charge < -0.3 is 20.5 Å². The molecule has 1 aromatic heterocycles. The molecule has 1 fully saturated rings. The first kappa shape index (κ1) is 24.6. The van der Waals surface area contributed by atoms with E-state index in [-0.39, 0.29) is 29.7 Å². The number of amides is 1. The van der Waals surface area contributed by atoms with Crippen LogP contribution in [0.2, 0.25) is 0 Å². The quantitative estimate of drug-likeness (QED) is 0.558. The Bertz CT molecular complexity index is 1180. The first-order chi connectivity index (χ1) is 16.6. The summed E-state index contributed by atoms with van der Waals surface area (Å²) < 4.78 is 18.9. The van der Waals surface area contributed by atoms with Gasteiger partial charge in [0.05, 0.1) is 12.6 Å². The van der Waals surface area contributed by atoms with Crippen LogP contribution in [0.3, 0.4) is 0 Å². The Morgan fingerprint density at radius 3 is 2.29 bits per heavy atom. The van der Waals surface area contributed by atoms with Crippen molar-refractivity contribution in [2.24, 2.45) is 5.73 Å². The number of aliphatic hydroxyl groups excluding tert-OH is 1. The third-order valence-electron chi connectivity index (χ3n) is 6.06. The Morgan fingerprint density at radius 2 is 1.71 bits per heavy atom. The molecule has 8 nitrogen and oxygen atoms in total. The summed E-state index contributed by atoms with van der Waals surface area (Å²) in [6, 6.07) is 14.2. The average Bonchev–Trinajstić information content (AvgIpc) is 2.84. The predicted octanol–water partition coefficient (Wildman–Crippen LogP) is 3.46. The van der Waals surface area contributed by atoms with Gasteiger partial charge in [-0.15, -0.1) is 0 Å². The van der Waals surface area contributed by atoms with Crippen molar-refractivity contribution in [1.82, 2.24) is 14.9 Å². The molecule has 1 unspecified atom stereocenters. The van der Waals surface area contributed by atoms with Crippen LogP contribution in [0.25, 0.3) is 11.4 Å². The van der Waals surface area contributed by atoms with E-state index in [0.29, 0.717) is 41.8 Å². The summed E-state index contributed by atoms with van der Waals surface area (Å²) in [6.07, 6.45) is 0. The molecule has 1 aliphatic heterocycles. The third-order valence-corrected chi connectivity index (χ3v) is 6.06. The highest BCUT2D eigenvalue weighted by Gasteiger charge is 2.33. The first-order valence-corrected chi connectivity index (χ1v) is 11.5. The number of carbonyl (C=O) groups excluding carboxylic acids is 1. The minimum absolute atomic E-state index is 0.0214. The monoisotopic (exact) mass is 479 g/mol. The van der Waals surface area contributed by atoms with E-state index < -0.39 is 5.91 Å². The van der Waals surface area contributed by atoms with E-state index in [1.807, 2.05) is 4.90 Å². The minimum atomic E-state index is -0.653. The second-order valence-electron chi connectivity index (χ2n) is 9.53. The van der Waals surface area contributed by atoms with Crippen LogP contribution < -0.4 is 15.4 Å². The van der Waals surface area contributed by atoms with Crippen molar-refractivity contribution < 1.29 is 19.0 Å². The summed E-state index contributed by atoms with van der Waals surface area (Å²) in [5.74, 6) is 0.976. The first-order valence-electron chi connectivity index (χ1n) is 11.5. The van der Waals surface area contributed by atoms with Gasteiger partial charge in [0.2, 0.25) is 0 Å². The Labute approximate surface area is 204 Å². The zero-order chi connectivity index (χ0) is 25.2. The lowest BCUT2D eigenvalue weighted by atomic mass is 10.0. The van der Waals surface area contributed by atoms with Crippen molar-refractivity contribution in [2.75, 3.05) is 31.1 Å². The number of hydrogen-bond donors (Lipinski definition) is 2. The maximum atomic E-state index is 13.1. The standard InChI is InChI=1S/C26H30FN5O3/c1-26(2,3)31-12-13-32(19(15-31)16-33)23-14-22(24(28)34)29-25(30-23)17-4-8-20(9-5-17)35-21-10-6-18(27)7-11-21/h4-11,14,19,33H,12-13,15-16H2,1-3H3,(H2,28,34). The van der Waals surface area contributed by atoms with Crippen molar-refractivity contribution in [1.29, 1.82) is 0 Å². The number of ether oxygens (including phenoxy) is 1. The number of aliphatic hydroxyl groups is 1. The van der Waals surface area contributed by atoms with Gasteiger partial charge in [-0.3, -0.25) is 9.69 Å². The molecule has 35 heavy (non-hydrogen) atoms. The van der Waals surface area contributed by atoms with Crippen molar-refractivity contribution in [3.63, 3.8) is 0 Å². The highest BCUT2D eigenvalue weighted by atomic mass is 19.1. The number of carbonyl (C=O) groups is 1. The molecule has 2 heterocycles. The van der Waals surface area contributed by atoms with Crippen molar-refractivity contribution in [3.8, 4) is 22.9 Å². The van der Waals surface area contributed by atoms with Crippen molar-refractivity contribution in [2.45, 2.75) is 32.4 Å². The highest BCUT2D eigenvalue weighted by molar-refractivity contribution is 5.92. The largest absolute Gasteiger partial charge is 0.457 e. The molecule has 1 amide bonds. The molecule has 2 aromatic carbocycles. The second-order valence-corrected chi connectivity index (χ2v) is 9.53. The summed E-state index contributed by atoms with van der Waals surface area (Å²) in [5.41, 5.74) is 6.33. The molecule has 0 bridgehead atoms. The van der Waals surface area contributed by atoms with Gasteiger partial charge in [0.15, 0.2) is 5.82 Å². The van der Waals surface area contributed by atoms with Gasteiger partial charge in [0.25, 0.3) is 5.91 Å². The van der Waals surface area contributed by atoms with E-state index in [4.69, 9.17) is 15.5 Å². The van der Waals surface area contributed by atoms with Crippen LogP contribution in [0, 0.1) is 5.82 Å². The lowest BCUT2D eigenvalue weighted by Gasteiger charge is -2.46. The van der Waals surface area contributed by atoms with Gasteiger partial charge in [0, 0.05) is 36.8 Å². The molecule has 184 valence electrons.